The van der Waals surface area contributed by atoms with Crippen molar-refractivity contribution in [2.75, 3.05) is 23.7 Å². The summed E-state index contributed by atoms with van der Waals surface area (Å²) in [5.74, 6) is 0.561. The second kappa shape index (κ2) is 3.63. The Morgan fingerprint density at radius 2 is 1.94 bits per heavy atom. The predicted molar refractivity (Wildman–Crippen MR) is 65.4 cm³/mol. The normalized spacial score (nSPS) is 15.9. The lowest BCUT2D eigenvalue weighted by Gasteiger charge is -2.19. The predicted octanol–water partition coefficient (Wildman–Crippen LogP) is 1.81. The van der Waals surface area contributed by atoms with E-state index in [4.69, 9.17) is 5.73 Å². The number of para-hydroxylation sites is 1. The molecule has 3 rings (SSSR count). The van der Waals surface area contributed by atoms with E-state index in [9.17, 15) is 0 Å². The van der Waals surface area contributed by atoms with Crippen LogP contribution in [0.3, 0.4) is 0 Å². The van der Waals surface area contributed by atoms with E-state index in [1.54, 1.807) is 0 Å². The molecule has 4 nitrogen and oxygen atoms in total. The highest BCUT2D eigenvalue weighted by Crippen LogP contribution is 2.29. The molecule has 0 bridgehead atoms. The van der Waals surface area contributed by atoms with Crippen molar-refractivity contribution in [1.29, 1.82) is 0 Å². The number of aromatic nitrogens is 2. The minimum atomic E-state index is 0.561. The number of nitrogens with zero attached hydrogens (tertiary/aromatic N) is 3. The van der Waals surface area contributed by atoms with Crippen LogP contribution in [0, 0.1) is 0 Å². The van der Waals surface area contributed by atoms with Gasteiger partial charge in [-0.05, 0) is 25.0 Å². The number of anilines is 2. The molecule has 4 heteroatoms. The highest BCUT2D eigenvalue weighted by atomic mass is 15.2. The second-order valence-electron chi connectivity index (χ2n) is 4.13. The third-order valence-electron chi connectivity index (χ3n) is 3.12. The maximum absolute atomic E-state index is 5.85. The molecule has 0 saturated carbocycles. The third-order valence-corrected chi connectivity index (χ3v) is 3.12. The van der Waals surface area contributed by atoms with Crippen molar-refractivity contribution in [1.82, 2.24) is 9.97 Å². The van der Waals surface area contributed by atoms with Crippen LogP contribution in [0.2, 0.25) is 0 Å². The Morgan fingerprint density at radius 1 is 1.12 bits per heavy atom. The van der Waals surface area contributed by atoms with Crippen molar-refractivity contribution in [3.05, 3.63) is 24.5 Å². The Balaban J connectivity index is 2.20. The van der Waals surface area contributed by atoms with Crippen LogP contribution in [0.5, 0.6) is 0 Å². The van der Waals surface area contributed by atoms with E-state index in [-0.39, 0.29) is 0 Å². The lowest BCUT2D eigenvalue weighted by atomic mass is 10.2. The molecule has 0 radical (unpaired) electrons. The second-order valence-corrected chi connectivity index (χ2v) is 4.13. The number of nitrogen functional groups attached to an aromatic ring is 1. The van der Waals surface area contributed by atoms with Crippen LogP contribution in [0.15, 0.2) is 24.5 Å². The Morgan fingerprint density at radius 3 is 2.75 bits per heavy atom. The number of hydrogen-bond donors (Lipinski definition) is 1. The van der Waals surface area contributed by atoms with Crippen LogP contribution >= 0.6 is 0 Å². The summed E-state index contributed by atoms with van der Waals surface area (Å²) in [7, 11) is 0. The topological polar surface area (TPSA) is 55.0 Å². The van der Waals surface area contributed by atoms with Crippen molar-refractivity contribution >= 4 is 22.4 Å². The van der Waals surface area contributed by atoms with Gasteiger partial charge in [0.2, 0.25) is 0 Å². The Kier molecular flexibility index (Phi) is 2.13. The molecule has 0 unspecified atom stereocenters. The summed E-state index contributed by atoms with van der Waals surface area (Å²) in [4.78, 5) is 10.7. The van der Waals surface area contributed by atoms with Crippen molar-refractivity contribution in [2.45, 2.75) is 12.8 Å². The summed E-state index contributed by atoms with van der Waals surface area (Å²) in [6.45, 7) is 2.23. The van der Waals surface area contributed by atoms with E-state index in [1.165, 1.54) is 24.9 Å². The molecule has 2 N–H and O–H groups in total. The largest absolute Gasteiger partial charge is 0.383 e. The minimum Gasteiger partial charge on any atom is -0.383 e. The van der Waals surface area contributed by atoms with Gasteiger partial charge >= 0.3 is 0 Å². The highest BCUT2D eigenvalue weighted by molar-refractivity contribution is 5.96. The molecule has 1 aliphatic heterocycles. The van der Waals surface area contributed by atoms with Gasteiger partial charge in [-0.25, -0.2) is 9.97 Å². The van der Waals surface area contributed by atoms with Gasteiger partial charge in [0.15, 0.2) is 0 Å². The number of nitrogens with two attached hydrogens (primary N) is 1. The quantitative estimate of drug-likeness (QED) is 0.786. The van der Waals surface area contributed by atoms with Gasteiger partial charge < -0.3 is 10.6 Å². The molecule has 1 saturated heterocycles. The molecule has 2 aromatic rings. The summed E-state index contributed by atoms with van der Waals surface area (Å²) < 4.78 is 0. The highest BCUT2D eigenvalue weighted by Gasteiger charge is 2.15. The van der Waals surface area contributed by atoms with Gasteiger partial charge in [-0.3, -0.25) is 0 Å². The lowest BCUT2D eigenvalue weighted by molar-refractivity contribution is 0.949. The number of hydrogen-bond acceptors (Lipinski definition) is 4. The van der Waals surface area contributed by atoms with E-state index >= 15 is 0 Å². The molecular weight excluding hydrogens is 200 g/mol. The summed E-state index contributed by atoms with van der Waals surface area (Å²) in [6.07, 6.45) is 4.06. The first-order valence-corrected chi connectivity index (χ1v) is 5.60. The standard InChI is InChI=1S/C12H14N4/c13-12-9-4-3-5-10(11(9)14-8-15-12)16-6-1-2-7-16/h3-5,8H,1-2,6-7H2,(H2,13,14,15). The van der Waals surface area contributed by atoms with Gasteiger partial charge in [-0.2, -0.15) is 0 Å². The number of rotatable bonds is 1. The van der Waals surface area contributed by atoms with Crippen LogP contribution in [-0.4, -0.2) is 23.1 Å². The fraction of sp³-hybridized carbons (Fsp3) is 0.333. The first kappa shape index (κ1) is 9.39. The molecule has 1 aromatic carbocycles. The fourth-order valence-electron chi connectivity index (χ4n) is 2.31. The fourth-order valence-corrected chi connectivity index (χ4v) is 2.31. The first-order chi connectivity index (χ1) is 7.86. The summed E-state index contributed by atoms with van der Waals surface area (Å²) >= 11 is 0. The molecule has 0 amide bonds. The Labute approximate surface area is 94.1 Å². The zero-order valence-electron chi connectivity index (χ0n) is 9.06. The lowest BCUT2D eigenvalue weighted by Crippen LogP contribution is -2.18. The third kappa shape index (κ3) is 1.38. The van der Waals surface area contributed by atoms with Crippen molar-refractivity contribution in [2.24, 2.45) is 0 Å². The zero-order valence-corrected chi connectivity index (χ0v) is 9.06. The molecule has 82 valence electrons. The van der Waals surface area contributed by atoms with Gasteiger partial charge in [0.1, 0.15) is 12.1 Å². The van der Waals surface area contributed by atoms with Gasteiger partial charge in [-0.15, -0.1) is 0 Å². The van der Waals surface area contributed by atoms with Crippen LogP contribution in [-0.2, 0) is 0 Å². The molecule has 0 spiro atoms. The zero-order chi connectivity index (χ0) is 11.0. The average molecular weight is 214 g/mol. The number of fused-ring (bicyclic) bond motifs is 1. The van der Waals surface area contributed by atoms with E-state index in [0.717, 1.165) is 24.0 Å². The molecule has 2 heterocycles. The van der Waals surface area contributed by atoms with Gasteiger partial charge in [0.25, 0.3) is 0 Å². The van der Waals surface area contributed by atoms with Crippen molar-refractivity contribution in [3.63, 3.8) is 0 Å². The first-order valence-electron chi connectivity index (χ1n) is 5.60. The van der Waals surface area contributed by atoms with Crippen LogP contribution in [0.25, 0.3) is 10.9 Å². The van der Waals surface area contributed by atoms with Gasteiger partial charge in [0.05, 0.1) is 11.2 Å². The Bertz CT molecular complexity index is 517. The molecule has 0 aliphatic carbocycles. The van der Waals surface area contributed by atoms with E-state index < -0.39 is 0 Å². The molecule has 1 aromatic heterocycles. The number of benzene rings is 1. The SMILES string of the molecule is Nc1ncnc2c(N3CCCC3)cccc12. The average Bonchev–Trinajstić information content (AvgIpc) is 2.82. The molecule has 1 fully saturated rings. The monoisotopic (exact) mass is 214 g/mol. The molecular formula is C12H14N4. The summed E-state index contributed by atoms with van der Waals surface area (Å²) in [6, 6.07) is 6.11. The van der Waals surface area contributed by atoms with Crippen LogP contribution < -0.4 is 10.6 Å². The van der Waals surface area contributed by atoms with Crippen LogP contribution in [0.4, 0.5) is 11.5 Å². The molecule has 0 atom stereocenters. The van der Waals surface area contributed by atoms with Gasteiger partial charge in [0, 0.05) is 18.5 Å². The summed E-state index contributed by atoms with van der Waals surface area (Å²) in [5.41, 5.74) is 8.01. The van der Waals surface area contributed by atoms with E-state index in [1.807, 2.05) is 12.1 Å². The van der Waals surface area contributed by atoms with E-state index in [2.05, 4.69) is 20.9 Å². The smallest absolute Gasteiger partial charge is 0.134 e. The molecule has 16 heavy (non-hydrogen) atoms. The summed E-state index contributed by atoms with van der Waals surface area (Å²) in [5, 5.41) is 0.951. The van der Waals surface area contributed by atoms with Crippen molar-refractivity contribution < 1.29 is 0 Å². The maximum atomic E-state index is 5.85. The minimum absolute atomic E-state index is 0.561. The molecule has 1 aliphatic rings. The van der Waals surface area contributed by atoms with Crippen molar-refractivity contribution in [3.8, 4) is 0 Å². The van der Waals surface area contributed by atoms with Gasteiger partial charge in [-0.1, -0.05) is 6.07 Å². The van der Waals surface area contributed by atoms with Crippen LogP contribution in [0.1, 0.15) is 12.8 Å². The Hall–Kier alpha value is -1.84. The van der Waals surface area contributed by atoms with E-state index in [0.29, 0.717) is 5.82 Å². The maximum Gasteiger partial charge on any atom is 0.134 e.